The molecule has 2 fully saturated rings. The van der Waals surface area contributed by atoms with Gasteiger partial charge >= 0.3 is 0 Å². The van der Waals surface area contributed by atoms with Crippen molar-refractivity contribution in [3.8, 4) is 0 Å². The summed E-state index contributed by atoms with van der Waals surface area (Å²) in [6.07, 6.45) is 3.44. The molecule has 1 N–H and O–H groups in total. The smallest absolute Gasteiger partial charge is 0.244 e. The van der Waals surface area contributed by atoms with Gasteiger partial charge in [-0.1, -0.05) is 30.1 Å². The third-order valence-corrected chi connectivity index (χ3v) is 9.16. The standard InChI is InChI=1S/C22H33Cl2N3O3S/c1-16-5-4-10-26(14-16)22(2,3)15-25-21(28)17-8-11-27(12-9-17)31(29,30)20-13-18(23)6-7-19(20)24/h6-7,13,16-17H,4-5,8-12,14-15H2,1-3H3,(H,25,28). The van der Waals surface area contributed by atoms with Crippen molar-refractivity contribution in [2.24, 2.45) is 11.8 Å². The lowest BCUT2D eigenvalue weighted by atomic mass is 9.93. The summed E-state index contributed by atoms with van der Waals surface area (Å²) < 4.78 is 27.3. The predicted octanol–water partition coefficient (Wildman–Crippen LogP) is 4.02. The van der Waals surface area contributed by atoms with Crippen molar-refractivity contribution >= 4 is 39.1 Å². The average Bonchev–Trinajstić information content (AvgIpc) is 2.74. The van der Waals surface area contributed by atoms with E-state index in [-0.39, 0.29) is 40.4 Å². The highest BCUT2D eigenvalue weighted by atomic mass is 35.5. The highest BCUT2D eigenvalue weighted by Gasteiger charge is 2.35. The van der Waals surface area contributed by atoms with Crippen molar-refractivity contribution in [2.45, 2.75) is 56.9 Å². The van der Waals surface area contributed by atoms with Crippen LogP contribution in [0.15, 0.2) is 23.1 Å². The molecule has 31 heavy (non-hydrogen) atoms. The summed E-state index contributed by atoms with van der Waals surface area (Å²) >= 11 is 12.1. The van der Waals surface area contributed by atoms with E-state index >= 15 is 0 Å². The van der Waals surface area contributed by atoms with E-state index in [9.17, 15) is 13.2 Å². The zero-order valence-corrected chi connectivity index (χ0v) is 20.9. The molecule has 0 spiro atoms. The zero-order valence-electron chi connectivity index (χ0n) is 18.5. The number of piperidine rings is 2. The molecule has 1 unspecified atom stereocenters. The van der Waals surface area contributed by atoms with Gasteiger partial charge in [0.2, 0.25) is 15.9 Å². The van der Waals surface area contributed by atoms with E-state index < -0.39 is 10.0 Å². The Labute approximate surface area is 196 Å². The van der Waals surface area contributed by atoms with Gasteiger partial charge in [0.25, 0.3) is 0 Å². The normalized spacial score (nSPS) is 22.4. The number of nitrogens with zero attached hydrogens (tertiary/aromatic N) is 2. The Morgan fingerprint density at radius 1 is 1.16 bits per heavy atom. The van der Waals surface area contributed by atoms with Crippen LogP contribution in [0.3, 0.4) is 0 Å². The number of hydrogen-bond acceptors (Lipinski definition) is 4. The Morgan fingerprint density at radius 2 is 1.84 bits per heavy atom. The Hall–Kier alpha value is -0.860. The second-order valence-corrected chi connectivity index (χ2v) is 12.2. The number of halogens is 2. The Bertz CT molecular complexity index is 899. The number of rotatable bonds is 6. The number of hydrogen-bond donors (Lipinski definition) is 1. The monoisotopic (exact) mass is 489 g/mol. The van der Waals surface area contributed by atoms with Crippen molar-refractivity contribution in [2.75, 3.05) is 32.7 Å². The molecule has 2 heterocycles. The molecule has 0 bridgehead atoms. The first-order valence-electron chi connectivity index (χ1n) is 11.0. The first-order chi connectivity index (χ1) is 14.5. The van der Waals surface area contributed by atoms with Crippen LogP contribution < -0.4 is 5.32 Å². The zero-order chi connectivity index (χ0) is 22.8. The van der Waals surface area contributed by atoms with Crippen molar-refractivity contribution in [3.05, 3.63) is 28.2 Å². The van der Waals surface area contributed by atoms with Gasteiger partial charge in [0, 0.05) is 42.7 Å². The SMILES string of the molecule is CC1CCCN(C(C)(C)CNC(=O)C2CCN(S(=O)(=O)c3cc(Cl)ccc3Cl)CC2)C1. The Kier molecular flexibility index (Phi) is 7.96. The molecular weight excluding hydrogens is 457 g/mol. The van der Waals surface area contributed by atoms with E-state index in [0.29, 0.717) is 30.3 Å². The quantitative estimate of drug-likeness (QED) is 0.654. The minimum Gasteiger partial charge on any atom is -0.354 e. The lowest BCUT2D eigenvalue weighted by Gasteiger charge is -2.43. The molecule has 174 valence electrons. The van der Waals surface area contributed by atoms with Crippen LogP contribution in [0.5, 0.6) is 0 Å². The van der Waals surface area contributed by atoms with Crippen LogP contribution in [0, 0.1) is 11.8 Å². The van der Waals surface area contributed by atoms with Crippen LogP contribution in [-0.2, 0) is 14.8 Å². The molecule has 1 atom stereocenters. The molecule has 0 aliphatic carbocycles. The van der Waals surface area contributed by atoms with Crippen LogP contribution >= 0.6 is 23.2 Å². The topological polar surface area (TPSA) is 69.7 Å². The highest BCUT2D eigenvalue weighted by Crippen LogP contribution is 2.30. The summed E-state index contributed by atoms with van der Waals surface area (Å²) in [5, 5.41) is 3.59. The molecular formula is C22H33Cl2N3O3S. The van der Waals surface area contributed by atoms with Crippen molar-refractivity contribution in [3.63, 3.8) is 0 Å². The van der Waals surface area contributed by atoms with E-state index in [4.69, 9.17) is 23.2 Å². The van der Waals surface area contributed by atoms with Gasteiger partial charge in [-0.05, 0) is 70.2 Å². The number of amides is 1. The van der Waals surface area contributed by atoms with Crippen molar-refractivity contribution in [1.82, 2.24) is 14.5 Å². The third-order valence-electron chi connectivity index (χ3n) is 6.54. The van der Waals surface area contributed by atoms with Gasteiger partial charge in [0.05, 0.1) is 5.02 Å². The van der Waals surface area contributed by atoms with Crippen LogP contribution in [-0.4, -0.2) is 61.8 Å². The number of carbonyl (C=O) groups excluding carboxylic acids is 1. The fourth-order valence-corrected chi connectivity index (χ4v) is 6.68. The number of likely N-dealkylation sites (tertiary alicyclic amines) is 1. The molecule has 9 heteroatoms. The molecule has 0 radical (unpaired) electrons. The van der Waals surface area contributed by atoms with Crippen LogP contribution in [0.1, 0.15) is 46.5 Å². The fourth-order valence-electron chi connectivity index (χ4n) is 4.47. The molecule has 1 amide bonds. The van der Waals surface area contributed by atoms with E-state index in [1.807, 2.05) is 0 Å². The average molecular weight is 490 g/mol. The first kappa shape index (κ1) is 24.8. The second-order valence-electron chi connectivity index (χ2n) is 9.48. The summed E-state index contributed by atoms with van der Waals surface area (Å²) in [5.74, 6) is 0.510. The number of carbonyl (C=O) groups is 1. The Morgan fingerprint density at radius 3 is 2.48 bits per heavy atom. The van der Waals surface area contributed by atoms with E-state index in [0.717, 1.165) is 13.1 Å². The lowest BCUT2D eigenvalue weighted by molar-refractivity contribution is -0.126. The van der Waals surface area contributed by atoms with Gasteiger partial charge in [-0.2, -0.15) is 4.31 Å². The maximum atomic E-state index is 13.0. The molecule has 6 nitrogen and oxygen atoms in total. The maximum absolute atomic E-state index is 13.0. The second kappa shape index (κ2) is 9.96. The van der Waals surface area contributed by atoms with Crippen LogP contribution in [0.2, 0.25) is 10.0 Å². The summed E-state index contributed by atoms with van der Waals surface area (Å²) in [6, 6.07) is 4.43. The fraction of sp³-hybridized carbons (Fsp3) is 0.682. The lowest BCUT2D eigenvalue weighted by Crippen LogP contribution is -2.55. The summed E-state index contributed by atoms with van der Waals surface area (Å²) in [6.45, 7) is 9.92. The molecule has 1 aromatic carbocycles. The van der Waals surface area contributed by atoms with Gasteiger partial charge in [-0.15, -0.1) is 0 Å². The van der Waals surface area contributed by atoms with Gasteiger partial charge in [0.1, 0.15) is 4.90 Å². The molecule has 0 saturated carbocycles. The van der Waals surface area contributed by atoms with Crippen LogP contribution in [0.25, 0.3) is 0 Å². The Balaban J connectivity index is 1.54. The molecule has 2 aliphatic heterocycles. The van der Waals surface area contributed by atoms with Crippen molar-refractivity contribution in [1.29, 1.82) is 0 Å². The van der Waals surface area contributed by atoms with E-state index in [2.05, 4.69) is 31.0 Å². The van der Waals surface area contributed by atoms with Crippen LogP contribution in [0.4, 0.5) is 0 Å². The third kappa shape index (κ3) is 5.93. The minimum atomic E-state index is -3.74. The summed E-state index contributed by atoms with van der Waals surface area (Å²) in [7, 11) is -3.74. The molecule has 2 saturated heterocycles. The van der Waals surface area contributed by atoms with Gasteiger partial charge < -0.3 is 5.32 Å². The number of nitrogens with one attached hydrogen (secondary N) is 1. The minimum absolute atomic E-state index is 0.0102. The largest absolute Gasteiger partial charge is 0.354 e. The molecule has 1 aromatic rings. The first-order valence-corrected chi connectivity index (χ1v) is 13.2. The molecule has 0 aromatic heterocycles. The predicted molar refractivity (Wildman–Crippen MR) is 125 cm³/mol. The molecule has 2 aliphatic rings. The number of sulfonamides is 1. The highest BCUT2D eigenvalue weighted by molar-refractivity contribution is 7.89. The van der Waals surface area contributed by atoms with Crippen molar-refractivity contribution < 1.29 is 13.2 Å². The van der Waals surface area contributed by atoms with Gasteiger partial charge in [-0.3, -0.25) is 9.69 Å². The summed E-state index contributed by atoms with van der Waals surface area (Å²) in [5.41, 5.74) is -0.0995. The maximum Gasteiger partial charge on any atom is 0.244 e. The number of benzene rings is 1. The van der Waals surface area contributed by atoms with E-state index in [1.54, 1.807) is 6.07 Å². The van der Waals surface area contributed by atoms with Gasteiger partial charge in [0.15, 0.2) is 0 Å². The van der Waals surface area contributed by atoms with Gasteiger partial charge in [-0.25, -0.2) is 8.42 Å². The summed E-state index contributed by atoms with van der Waals surface area (Å²) in [4.78, 5) is 15.3. The molecule has 3 rings (SSSR count). The van der Waals surface area contributed by atoms with E-state index in [1.165, 1.54) is 29.3 Å².